The summed E-state index contributed by atoms with van der Waals surface area (Å²) in [7, 11) is 0. The van der Waals surface area contributed by atoms with E-state index < -0.39 is 28.6 Å². The van der Waals surface area contributed by atoms with Gasteiger partial charge in [0.1, 0.15) is 40.6 Å². The average Bonchev–Trinajstić information content (AvgIpc) is 3.76. The zero-order valence-corrected chi connectivity index (χ0v) is 23.6. The van der Waals surface area contributed by atoms with Crippen molar-refractivity contribution < 1.29 is 28.6 Å². The number of carbonyl (C=O) groups is 2. The van der Waals surface area contributed by atoms with Crippen molar-refractivity contribution >= 4 is 11.8 Å². The molecule has 1 saturated carbocycles. The third-order valence-electron chi connectivity index (χ3n) is 7.84. The van der Waals surface area contributed by atoms with Crippen LogP contribution in [0.4, 0.5) is 4.39 Å². The predicted molar refractivity (Wildman–Crippen MR) is 155 cm³/mol. The first-order chi connectivity index (χ1) is 20.5. The molecule has 4 N–H and O–H groups in total. The Bertz CT molecular complexity index is 1710. The lowest BCUT2D eigenvalue weighted by Gasteiger charge is -2.26. The van der Waals surface area contributed by atoms with Crippen LogP contribution in [0.3, 0.4) is 0 Å². The highest BCUT2D eigenvalue weighted by molar-refractivity contribution is 5.95. The van der Waals surface area contributed by atoms with Crippen LogP contribution in [0.25, 0.3) is 22.4 Å². The summed E-state index contributed by atoms with van der Waals surface area (Å²) in [5, 5.41) is 22.1. The van der Waals surface area contributed by atoms with Crippen LogP contribution < -0.4 is 20.5 Å². The molecule has 2 amide bonds. The lowest BCUT2D eigenvalue weighted by Crippen LogP contribution is -2.41. The number of rotatable bonds is 9. The number of carbonyl (C=O) groups excluding carboxylic acids is 2. The number of ether oxygens (including phenoxy) is 2. The highest BCUT2D eigenvalue weighted by atomic mass is 19.1. The van der Waals surface area contributed by atoms with Gasteiger partial charge >= 0.3 is 0 Å². The second kappa shape index (κ2) is 10.7. The lowest BCUT2D eigenvalue weighted by molar-refractivity contribution is -0.123. The van der Waals surface area contributed by atoms with Gasteiger partial charge in [0.15, 0.2) is 0 Å². The van der Waals surface area contributed by atoms with Crippen LogP contribution in [0.1, 0.15) is 48.3 Å². The van der Waals surface area contributed by atoms with Crippen molar-refractivity contribution in [3.63, 3.8) is 0 Å². The van der Waals surface area contributed by atoms with Gasteiger partial charge in [0.25, 0.3) is 5.91 Å². The van der Waals surface area contributed by atoms with E-state index in [2.05, 4.69) is 20.5 Å². The topological polar surface area (TPSA) is 150 Å². The molecule has 220 valence electrons. The molecule has 0 unspecified atom stereocenters. The van der Waals surface area contributed by atoms with Crippen LogP contribution in [0.15, 0.2) is 67.0 Å². The van der Waals surface area contributed by atoms with Crippen molar-refractivity contribution in [2.75, 3.05) is 13.2 Å². The molecule has 2 aromatic carbocycles. The SMILES string of the molecule is C[C@](O)(CNC(=O)c1ccc(-c2ccnnc2)c(OC2CC2)c1)c1cc2c(c(-c3ccc(F)cc3)n1)OC[C@]2(C)C(N)=O. The molecule has 2 aromatic heterocycles. The number of pyridine rings is 1. The first kappa shape index (κ1) is 28.2. The van der Waals surface area contributed by atoms with Gasteiger partial charge in [0, 0.05) is 27.8 Å². The monoisotopic (exact) mass is 583 g/mol. The molecule has 0 saturated heterocycles. The fourth-order valence-electron chi connectivity index (χ4n) is 4.93. The maximum atomic E-state index is 13.7. The average molecular weight is 584 g/mol. The summed E-state index contributed by atoms with van der Waals surface area (Å²) in [6.45, 7) is 2.95. The van der Waals surface area contributed by atoms with Gasteiger partial charge < -0.3 is 25.6 Å². The number of nitrogens with two attached hydrogens (primary N) is 1. The molecule has 2 atom stereocenters. The van der Waals surface area contributed by atoms with Crippen molar-refractivity contribution in [3.8, 4) is 33.9 Å². The Morgan fingerprint density at radius 2 is 1.91 bits per heavy atom. The number of aromatic nitrogens is 3. The number of nitrogens with one attached hydrogen (secondary N) is 1. The van der Waals surface area contributed by atoms with E-state index in [1.807, 2.05) is 6.07 Å². The molecule has 0 radical (unpaired) electrons. The molecule has 11 heteroatoms. The Morgan fingerprint density at radius 1 is 1.14 bits per heavy atom. The third-order valence-corrected chi connectivity index (χ3v) is 7.84. The molecule has 4 aromatic rings. The van der Waals surface area contributed by atoms with E-state index in [-0.39, 0.29) is 24.9 Å². The number of halogens is 1. The fourth-order valence-corrected chi connectivity index (χ4v) is 4.93. The van der Waals surface area contributed by atoms with E-state index in [9.17, 15) is 19.1 Å². The van der Waals surface area contributed by atoms with Gasteiger partial charge in [-0.15, -0.1) is 0 Å². The van der Waals surface area contributed by atoms with Gasteiger partial charge in [-0.05, 0) is 81.3 Å². The third kappa shape index (κ3) is 5.51. The van der Waals surface area contributed by atoms with E-state index in [1.165, 1.54) is 31.2 Å². The Labute approximate surface area is 247 Å². The van der Waals surface area contributed by atoms with Gasteiger partial charge in [-0.1, -0.05) is 0 Å². The zero-order chi connectivity index (χ0) is 30.4. The number of benzene rings is 2. The minimum absolute atomic E-state index is 0.00726. The second-order valence-corrected chi connectivity index (χ2v) is 11.3. The Balaban J connectivity index is 1.29. The van der Waals surface area contributed by atoms with Crippen molar-refractivity contribution in [2.24, 2.45) is 5.73 Å². The summed E-state index contributed by atoms with van der Waals surface area (Å²) in [6.07, 6.45) is 5.21. The van der Waals surface area contributed by atoms with E-state index in [0.717, 1.165) is 24.0 Å². The van der Waals surface area contributed by atoms with E-state index in [0.29, 0.717) is 33.9 Å². The summed E-state index contributed by atoms with van der Waals surface area (Å²) in [4.78, 5) is 30.4. The Hall–Kier alpha value is -4.90. The molecule has 0 bridgehead atoms. The molecule has 6 rings (SSSR count). The highest BCUT2D eigenvalue weighted by Crippen LogP contribution is 2.45. The van der Waals surface area contributed by atoms with Crippen LogP contribution in [-0.4, -0.2) is 51.4 Å². The Morgan fingerprint density at radius 3 is 2.58 bits per heavy atom. The van der Waals surface area contributed by atoms with Gasteiger partial charge in [-0.25, -0.2) is 9.37 Å². The lowest BCUT2D eigenvalue weighted by atomic mass is 9.82. The summed E-state index contributed by atoms with van der Waals surface area (Å²) < 4.78 is 25.7. The molecule has 10 nitrogen and oxygen atoms in total. The first-order valence-corrected chi connectivity index (χ1v) is 13.9. The maximum absolute atomic E-state index is 13.7. The van der Waals surface area contributed by atoms with E-state index in [4.69, 9.17) is 15.2 Å². The number of hydrogen-bond acceptors (Lipinski definition) is 8. The molecule has 2 aliphatic rings. The van der Waals surface area contributed by atoms with Crippen molar-refractivity contribution in [1.29, 1.82) is 0 Å². The van der Waals surface area contributed by atoms with Gasteiger partial charge in [-0.2, -0.15) is 10.2 Å². The predicted octanol–water partition coefficient (Wildman–Crippen LogP) is 3.66. The molecule has 1 fully saturated rings. The molecular formula is C32H30FN5O5. The molecule has 1 aliphatic heterocycles. The van der Waals surface area contributed by atoms with Gasteiger partial charge in [0.05, 0.1) is 30.7 Å². The van der Waals surface area contributed by atoms with E-state index in [1.54, 1.807) is 43.6 Å². The molecular weight excluding hydrogens is 553 g/mol. The van der Waals surface area contributed by atoms with Gasteiger partial charge in [0.2, 0.25) is 5.91 Å². The number of fused-ring (bicyclic) bond motifs is 1. The van der Waals surface area contributed by atoms with Crippen molar-refractivity contribution in [1.82, 2.24) is 20.5 Å². The number of primary amides is 1. The summed E-state index contributed by atoms with van der Waals surface area (Å²) in [5.41, 5.74) is 6.35. The quantitative estimate of drug-likeness (QED) is 0.270. The minimum atomic E-state index is -1.67. The molecule has 3 heterocycles. The van der Waals surface area contributed by atoms with Crippen LogP contribution in [0.2, 0.25) is 0 Å². The number of nitrogens with zero attached hydrogens (tertiary/aromatic N) is 3. The normalized spacial score (nSPS) is 18.7. The number of aliphatic hydroxyl groups is 1. The summed E-state index contributed by atoms with van der Waals surface area (Å²) >= 11 is 0. The van der Waals surface area contributed by atoms with Crippen LogP contribution >= 0.6 is 0 Å². The number of hydrogen-bond donors (Lipinski definition) is 3. The van der Waals surface area contributed by atoms with Crippen LogP contribution in [-0.2, 0) is 15.8 Å². The van der Waals surface area contributed by atoms with Crippen LogP contribution in [0.5, 0.6) is 11.5 Å². The minimum Gasteiger partial charge on any atom is -0.490 e. The summed E-state index contributed by atoms with van der Waals surface area (Å²) in [6, 6.07) is 14.2. The van der Waals surface area contributed by atoms with Gasteiger partial charge in [-0.3, -0.25) is 9.59 Å². The standard InChI is InChI=1S/C32H30FN5O5/c1-31(30(34)40)17-42-28-24(31)14-26(38-27(28)18-3-6-21(33)7-4-18)32(2,41)16-35-29(39)19-5-10-23(20-11-12-36-37-15-20)25(13-19)43-22-8-9-22/h3-7,10-15,22,41H,8-9,16-17H2,1-2H3,(H2,34,40)(H,35,39)/t31-,32-/m0/s1. The summed E-state index contributed by atoms with van der Waals surface area (Å²) in [5.74, 6) is -0.554. The molecule has 0 spiro atoms. The molecule has 43 heavy (non-hydrogen) atoms. The van der Waals surface area contributed by atoms with E-state index >= 15 is 0 Å². The van der Waals surface area contributed by atoms with Crippen molar-refractivity contribution in [3.05, 3.63) is 89.6 Å². The number of amides is 2. The fraction of sp³-hybridized carbons (Fsp3) is 0.281. The second-order valence-electron chi connectivity index (χ2n) is 11.3. The van der Waals surface area contributed by atoms with Crippen LogP contribution in [0, 0.1) is 5.82 Å². The smallest absolute Gasteiger partial charge is 0.251 e. The maximum Gasteiger partial charge on any atom is 0.251 e. The molecule has 1 aliphatic carbocycles. The Kier molecular flexibility index (Phi) is 7.05. The zero-order valence-electron chi connectivity index (χ0n) is 23.6. The largest absolute Gasteiger partial charge is 0.490 e. The van der Waals surface area contributed by atoms with Crippen molar-refractivity contribution in [2.45, 2.75) is 43.8 Å². The first-order valence-electron chi connectivity index (χ1n) is 13.9. The highest BCUT2D eigenvalue weighted by Gasteiger charge is 2.45.